The van der Waals surface area contributed by atoms with Crippen LogP contribution in [-0.2, 0) is 4.79 Å². The topological polar surface area (TPSA) is 53.6 Å². The zero-order chi connectivity index (χ0) is 15.8. The van der Waals surface area contributed by atoms with Gasteiger partial charge in [-0.25, -0.2) is 0 Å². The standard InChI is InChI=1S/C17H27N3O2/c1-18-10-5-8-17(21)19-12-14-9-11-20(13-14)15-6-3-4-7-16(15)22-2/h3-4,6-7,14,18H,5,8-13H2,1-2H3,(H,19,21). The molecule has 1 aromatic rings. The molecule has 122 valence electrons. The summed E-state index contributed by atoms with van der Waals surface area (Å²) in [5.41, 5.74) is 1.15. The summed E-state index contributed by atoms with van der Waals surface area (Å²) in [6.07, 6.45) is 2.60. The number of nitrogens with zero attached hydrogens (tertiary/aromatic N) is 1. The largest absolute Gasteiger partial charge is 0.495 e. The molecule has 5 nitrogen and oxygen atoms in total. The van der Waals surface area contributed by atoms with E-state index in [1.807, 2.05) is 25.2 Å². The number of ether oxygens (including phenoxy) is 1. The minimum Gasteiger partial charge on any atom is -0.495 e. The highest BCUT2D eigenvalue weighted by molar-refractivity contribution is 5.75. The van der Waals surface area contributed by atoms with E-state index in [1.54, 1.807) is 7.11 Å². The van der Waals surface area contributed by atoms with E-state index in [-0.39, 0.29) is 5.91 Å². The lowest BCUT2D eigenvalue weighted by atomic mass is 10.1. The molecule has 2 rings (SSSR count). The van der Waals surface area contributed by atoms with Gasteiger partial charge in [0.15, 0.2) is 0 Å². The molecule has 1 unspecified atom stereocenters. The lowest BCUT2D eigenvalue weighted by Crippen LogP contribution is -2.31. The van der Waals surface area contributed by atoms with Gasteiger partial charge in [-0.05, 0) is 44.5 Å². The van der Waals surface area contributed by atoms with Crippen molar-refractivity contribution in [3.05, 3.63) is 24.3 Å². The minimum atomic E-state index is 0.158. The molecule has 1 heterocycles. The quantitative estimate of drug-likeness (QED) is 0.717. The van der Waals surface area contributed by atoms with Crippen molar-refractivity contribution in [3.8, 4) is 5.75 Å². The van der Waals surface area contributed by atoms with Gasteiger partial charge in [-0.3, -0.25) is 4.79 Å². The molecule has 1 aliphatic rings. The third-order valence-corrected chi connectivity index (χ3v) is 4.13. The number of nitrogens with one attached hydrogen (secondary N) is 2. The lowest BCUT2D eigenvalue weighted by molar-refractivity contribution is -0.121. The van der Waals surface area contributed by atoms with Crippen LogP contribution < -0.4 is 20.3 Å². The summed E-state index contributed by atoms with van der Waals surface area (Å²) in [6.45, 7) is 3.64. The maximum absolute atomic E-state index is 11.8. The molecule has 1 atom stereocenters. The molecule has 0 spiro atoms. The normalized spacial score (nSPS) is 17.5. The Labute approximate surface area is 133 Å². The van der Waals surface area contributed by atoms with Crippen LogP contribution in [0.3, 0.4) is 0 Å². The van der Waals surface area contributed by atoms with E-state index in [4.69, 9.17) is 4.74 Å². The Bertz CT molecular complexity index is 479. The average Bonchev–Trinajstić information content (AvgIpc) is 3.02. The van der Waals surface area contributed by atoms with Crippen LogP contribution in [0.5, 0.6) is 5.75 Å². The molecule has 0 bridgehead atoms. The summed E-state index contributed by atoms with van der Waals surface area (Å²) in [7, 11) is 3.61. The second-order valence-corrected chi connectivity index (χ2v) is 5.78. The first kappa shape index (κ1) is 16.6. The van der Waals surface area contributed by atoms with Crippen molar-refractivity contribution >= 4 is 11.6 Å². The van der Waals surface area contributed by atoms with Gasteiger partial charge in [0.1, 0.15) is 5.75 Å². The summed E-state index contributed by atoms with van der Waals surface area (Å²) in [5.74, 6) is 1.59. The summed E-state index contributed by atoms with van der Waals surface area (Å²) in [4.78, 5) is 14.1. The van der Waals surface area contributed by atoms with Gasteiger partial charge in [0.25, 0.3) is 0 Å². The number of amides is 1. The Hall–Kier alpha value is -1.75. The summed E-state index contributed by atoms with van der Waals surface area (Å²) < 4.78 is 5.43. The molecule has 1 aromatic carbocycles. The Morgan fingerprint density at radius 1 is 1.41 bits per heavy atom. The van der Waals surface area contributed by atoms with Crippen molar-refractivity contribution in [2.45, 2.75) is 19.3 Å². The molecule has 2 N–H and O–H groups in total. The van der Waals surface area contributed by atoms with Crippen molar-refractivity contribution < 1.29 is 9.53 Å². The second kappa shape index (κ2) is 8.63. The van der Waals surface area contributed by atoms with Gasteiger partial charge in [-0.15, -0.1) is 0 Å². The minimum absolute atomic E-state index is 0.158. The zero-order valence-electron chi connectivity index (χ0n) is 13.6. The molecule has 1 saturated heterocycles. The fourth-order valence-corrected chi connectivity index (χ4v) is 2.88. The first-order valence-corrected chi connectivity index (χ1v) is 8.04. The molecular weight excluding hydrogens is 278 g/mol. The highest BCUT2D eigenvalue weighted by Crippen LogP contribution is 2.31. The van der Waals surface area contributed by atoms with Crippen LogP contribution in [0.25, 0.3) is 0 Å². The van der Waals surface area contributed by atoms with Crippen LogP contribution in [0.4, 0.5) is 5.69 Å². The van der Waals surface area contributed by atoms with Gasteiger partial charge in [0, 0.05) is 26.1 Å². The molecule has 22 heavy (non-hydrogen) atoms. The number of anilines is 1. The molecule has 1 aliphatic heterocycles. The highest BCUT2D eigenvalue weighted by Gasteiger charge is 2.24. The fraction of sp³-hybridized carbons (Fsp3) is 0.588. The van der Waals surface area contributed by atoms with Crippen LogP contribution in [0, 0.1) is 5.92 Å². The number of para-hydroxylation sites is 2. The molecular formula is C17H27N3O2. The monoisotopic (exact) mass is 305 g/mol. The van der Waals surface area contributed by atoms with E-state index in [1.165, 1.54) is 0 Å². The number of methoxy groups -OCH3 is 1. The van der Waals surface area contributed by atoms with E-state index < -0.39 is 0 Å². The van der Waals surface area contributed by atoms with E-state index >= 15 is 0 Å². The number of hydrogen-bond acceptors (Lipinski definition) is 4. The smallest absolute Gasteiger partial charge is 0.220 e. The Kier molecular flexibility index (Phi) is 6.52. The molecule has 0 aromatic heterocycles. The van der Waals surface area contributed by atoms with Crippen molar-refractivity contribution in [1.82, 2.24) is 10.6 Å². The van der Waals surface area contributed by atoms with Crippen LogP contribution in [0.1, 0.15) is 19.3 Å². The van der Waals surface area contributed by atoms with Crippen LogP contribution in [0.2, 0.25) is 0 Å². The highest BCUT2D eigenvalue weighted by atomic mass is 16.5. The maximum atomic E-state index is 11.8. The van der Waals surface area contributed by atoms with Crippen molar-refractivity contribution in [1.29, 1.82) is 0 Å². The number of carbonyl (C=O) groups excluding carboxylic acids is 1. The first-order chi connectivity index (χ1) is 10.7. The molecule has 0 saturated carbocycles. The number of benzene rings is 1. The van der Waals surface area contributed by atoms with Gasteiger partial charge in [0.05, 0.1) is 12.8 Å². The number of hydrogen-bond donors (Lipinski definition) is 2. The number of carbonyl (C=O) groups is 1. The molecule has 0 radical (unpaired) electrons. The Morgan fingerprint density at radius 2 is 2.23 bits per heavy atom. The second-order valence-electron chi connectivity index (χ2n) is 5.78. The molecule has 1 fully saturated rings. The first-order valence-electron chi connectivity index (χ1n) is 8.04. The Balaban J connectivity index is 1.77. The van der Waals surface area contributed by atoms with Crippen LogP contribution in [-0.4, -0.2) is 46.2 Å². The SMILES string of the molecule is CNCCCC(=O)NCC1CCN(c2ccccc2OC)C1. The molecule has 1 amide bonds. The molecule has 0 aliphatic carbocycles. The van der Waals surface area contributed by atoms with Gasteiger partial charge in [0.2, 0.25) is 5.91 Å². The van der Waals surface area contributed by atoms with Crippen molar-refractivity contribution in [2.24, 2.45) is 5.92 Å². The summed E-state index contributed by atoms with van der Waals surface area (Å²) in [5, 5.41) is 6.12. The maximum Gasteiger partial charge on any atom is 0.220 e. The van der Waals surface area contributed by atoms with Crippen molar-refractivity contribution in [3.63, 3.8) is 0 Å². The van der Waals surface area contributed by atoms with Gasteiger partial charge < -0.3 is 20.3 Å². The number of rotatable bonds is 8. The van der Waals surface area contributed by atoms with E-state index in [0.717, 1.165) is 50.5 Å². The summed E-state index contributed by atoms with van der Waals surface area (Å²) in [6, 6.07) is 8.11. The van der Waals surface area contributed by atoms with Gasteiger partial charge >= 0.3 is 0 Å². The third-order valence-electron chi connectivity index (χ3n) is 4.13. The Morgan fingerprint density at radius 3 is 3.00 bits per heavy atom. The average molecular weight is 305 g/mol. The van der Waals surface area contributed by atoms with E-state index in [0.29, 0.717) is 12.3 Å². The van der Waals surface area contributed by atoms with E-state index in [9.17, 15) is 4.79 Å². The van der Waals surface area contributed by atoms with Gasteiger partial charge in [-0.2, -0.15) is 0 Å². The van der Waals surface area contributed by atoms with Crippen LogP contribution in [0.15, 0.2) is 24.3 Å². The predicted molar refractivity (Wildman–Crippen MR) is 89.5 cm³/mol. The van der Waals surface area contributed by atoms with E-state index in [2.05, 4.69) is 21.6 Å². The summed E-state index contributed by atoms with van der Waals surface area (Å²) >= 11 is 0. The molecule has 5 heteroatoms. The zero-order valence-corrected chi connectivity index (χ0v) is 13.6. The van der Waals surface area contributed by atoms with Crippen molar-refractivity contribution in [2.75, 3.05) is 45.2 Å². The predicted octanol–water partition coefficient (Wildman–Crippen LogP) is 1.64. The van der Waals surface area contributed by atoms with Gasteiger partial charge in [-0.1, -0.05) is 12.1 Å². The lowest BCUT2D eigenvalue weighted by Gasteiger charge is -2.21. The third kappa shape index (κ3) is 4.63. The van der Waals surface area contributed by atoms with Crippen LogP contribution >= 0.6 is 0 Å². The fourth-order valence-electron chi connectivity index (χ4n) is 2.88.